The Labute approximate surface area is 187 Å². The largest absolute Gasteiger partial charge is 0.357 e. The zero-order valence-corrected chi connectivity index (χ0v) is 19.8. The summed E-state index contributed by atoms with van der Waals surface area (Å²) in [5, 5.41) is 3.51. The zero-order valence-electron chi connectivity index (χ0n) is 17.5. The quantitative estimate of drug-likeness (QED) is 0.370. The Hall–Kier alpha value is -1.09. The van der Waals surface area contributed by atoms with Crippen LogP contribution in [0, 0.1) is 5.92 Å². The fourth-order valence-electron chi connectivity index (χ4n) is 4.04. The molecule has 0 bridgehead atoms. The van der Waals surface area contributed by atoms with Crippen LogP contribution in [0.5, 0.6) is 0 Å². The van der Waals surface area contributed by atoms with Crippen molar-refractivity contribution in [3.05, 3.63) is 24.4 Å². The molecule has 0 spiro atoms. The third-order valence-corrected chi connectivity index (χ3v) is 5.63. The van der Waals surface area contributed by atoms with Crippen LogP contribution in [0.25, 0.3) is 0 Å². The number of hydrogen-bond acceptors (Lipinski definition) is 4. The minimum atomic E-state index is 0. The number of aromatic nitrogens is 1. The van der Waals surface area contributed by atoms with Crippen molar-refractivity contribution in [2.45, 2.75) is 33.1 Å². The summed E-state index contributed by atoms with van der Waals surface area (Å²) in [7, 11) is 0. The van der Waals surface area contributed by atoms with Crippen molar-refractivity contribution < 1.29 is 0 Å². The van der Waals surface area contributed by atoms with Gasteiger partial charge in [0, 0.05) is 45.5 Å². The topological polar surface area (TPSA) is 47.0 Å². The molecule has 2 fully saturated rings. The first kappa shape index (κ1) is 23.2. The first-order valence-electron chi connectivity index (χ1n) is 10.7. The minimum absolute atomic E-state index is 0. The predicted molar refractivity (Wildman–Crippen MR) is 129 cm³/mol. The van der Waals surface area contributed by atoms with Crippen molar-refractivity contribution in [2.24, 2.45) is 10.9 Å². The number of likely N-dealkylation sites (tertiary alicyclic amines) is 1. The molecule has 3 rings (SSSR count). The van der Waals surface area contributed by atoms with Gasteiger partial charge in [-0.25, -0.2) is 4.98 Å². The summed E-state index contributed by atoms with van der Waals surface area (Å²) in [6, 6.07) is 6.13. The van der Waals surface area contributed by atoms with E-state index in [0.29, 0.717) is 0 Å². The second kappa shape index (κ2) is 12.5. The van der Waals surface area contributed by atoms with E-state index in [2.05, 4.69) is 51.0 Å². The molecule has 6 nitrogen and oxygen atoms in total. The number of halogens is 1. The number of aliphatic imine (C=N–C) groups is 1. The molecule has 0 unspecified atom stereocenters. The van der Waals surface area contributed by atoms with Gasteiger partial charge in [0.15, 0.2) is 5.96 Å². The molecule has 158 valence electrons. The second-order valence-corrected chi connectivity index (χ2v) is 7.64. The van der Waals surface area contributed by atoms with Crippen LogP contribution in [0.2, 0.25) is 0 Å². The van der Waals surface area contributed by atoms with Crippen molar-refractivity contribution in [3.63, 3.8) is 0 Å². The summed E-state index contributed by atoms with van der Waals surface area (Å²) in [5.41, 5.74) is 0. The van der Waals surface area contributed by atoms with Gasteiger partial charge in [0.05, 0.1) is 0 Å². The first-order valence-corrected chi connectivity index (χ1v) is 10.7. The van der Waals surface area contributed by atoms with E-state index in [9.17, 15) is 0 Å². The lowest BCUT2D eigenvalue weighted by molar-refractivity contribution is 0.188. The molecule has 0 saturated carbocycles. The van der Waals surface area contributed by atoms with Crippen LogP contribution in [-0.4, -0.2) is 79.6 Å². The molecule has 1 aromatic rings. The van der Waals surface area contributed by atoms with E-state index in [0.717, 1.165) is 57.0 Å². The van der Waals surface area contributed by atoms with Crippen LogP contribution >= 0.6 is 24.0 Å². The predicted octanol–water partition coefficient (Wildman–Crippen LogP) is 2.91. The molecular weight excluding hydrogens is 463 g/mol. The maximum atomic E-state index is 5.01. The average molecular weight is 500 g/mol. The van der Waals surface area contributed by atoms with E-state index in [4.69, 9.17) is 4.99 Å². The van der Waals surface area contributed by atoms with Crippen molar-refractivity contribution in [1.29, 1.82) is 0 Å². The van der Waals surface area contributed by atoms with Gasteiger partial charge in [-0.2, -0.15) is 0 Å². The summed E-state index contributed by atoms with van der Waals surface area (Å²) in [4.78, 5) is 16.9. The smallest absolute Gasteiger partial charge is 0.194 e. The fourth-order valence-corrected chi connectivity index (χ4v) is 4.04. The van der Waals surface area contributed by atoms with Crippen LogP contribution in [0.15, 0.2) is 29.4 Å². The Bertz CT molecular complexity index is 566. The molecule has 1 N–H and O–H groups in total. The van der Waals surface area contributed by atoms with Gasteiger partial charge in [-0.1, -0.05) is 13.0 Å². The fraction of sp³-hybridized carbons (Fsp3) is 0.714. The summed E-state index contributed by atoms with van der Waals surface area (Å²) >= 11 is 0. The Morgan fingerprint density at radius 1 is 1.11 bits per heavy atom. The molecule has 2 aliphatic heterocycles. The molecule has 0 atom stereocenters. The number of rotatable bonds is 6. The molecule has 0 aliphatic carbocycles. The second-order valence-electron chi connectivity index (χ2n) is 7.64. The zero-order chi connectivity index (χ0) is 18.9. The van der Waals surface area contributed by atoms with Crippen molar-refractivity contribution in [2.75, 3.05) is 63.8 Å². The first-order chi connectivity index (χ1) is 13.3. The van der Waals surface area contributed by atoms with Gasteiger partial charge in [0.2, 0.25) is 0 Å². The SMILES string of the molecule is CCCN1CCC(CN=C(NCC)N2CCN(c3ccccn3)CC2)CC1.I. The van der Waals surface area contributed by atoms with Gasteiger partial charge in [0.1, 0.15) is 5.82 Å². The normalized spacial score (nSPS) is 19.4. The van der Waals surface area contributed by atoms with E-state index < -0.39 is 0 Å². The summed E-state index contributed by atoms with van der Waals surface area (Å²) < 4.78 is 0. The van der Waals surface area contributed by atoms with Crippen LogP contribution in [0.1, 0.15) is 33.1 Å². The Morgan fingerprint density at radius 3 is 2.46 bits per heavy atom. The van der Waals surface area contributed by atoms with E-state index in [1.54, 1.807) is 0 Å². The van der Waals surface area contributed by atoms with Gasteiger partial charge in [0.25, 0.3) is 0 Å². The molecular formula is C21H37IN6. The molecule has 2 saturated heterocycles. The summed E-state index contributed by atoms with van der Waals surface area (Å²) in [5.74, 6) is 2.91. The maximum absolute atomic E-state index is 5.01. The van der Waals surface area contributed by atoms with Gasteiger partial charge >= 0.3 is 0 Å². The third-order valence-electron chi connectivity index (χ3n) is 5.63. The Morgan fingerprint density at radius 2 is 1.86 bits per heavy atom. The Balaban J connectivity index is 0.00000280. The highest BCUT2D eigenvalue weighted by Crippen LogP contribution is 2.18. The number of pyridine rings is 1. The standard InChI is InChI=1S/C21H36N6.HI/c1-3-11-25-12-8-19(9-13-25)18-24-21(22-4-2)27-16-14-26(15-17-27)20-7-5-6-10-23-20;/h5-7,10,19H,3-4,8-9,11-18H2,1-2H3,(H,22,24);1H. The van der Waals surface area contributed by atoms with Crippen LogP contribution in [-0.2, 0) is 0 Å². The van der Waals surface area contributed by atoms with Crippen LogP contribution < -0.4 is 10.2 Å². The molecule has 7 heteroatoms. The van der Waals surface area contributed by atoms with Gasteiger partial charge in [-0.15, -0.1) is 24.0 Å². The number of piperazine rings is 1. The number of nitrogens with one attached hydrogen (secondary N) is 1. The Kier molecular flexibility index (Phi) is 10.3. The van der Waals surface area contributed by atoms with Crippen LogP contribution in [0.3, 0.4) is 0 Å². The number of guanidine groups is 1. The molecule has 0 aromatic carbocycles. The monoisotopic (exact) mass is 500 g/mol. The lowest BCUT2D eigenvalue weighted by atomic mass is 9.97. The molecule has 0 radical (unpaired) electrons. The van der Waals surface area contributed by atoms with Crippen molar-refractivity contribution in [3.8, 4) is 0 Å². The highest BCUT2D eigenvalue weighted by atomic mass is 127. The highest BCUT2D eigenvalue weighted by Gasteiger charge is 2.22. The van der Waals surface area contributed by atoms with E-state index in [-0.39, 0.29) is 24.0 Å². The highest BCUT2D eigenvalue weighted by molar-refractivity contribution is 14.0. The number of hydrogen-bond donors (Lipinski definition) is 1. The molecule has 28 heavy (non-hydrogen) atoms. The van der Waals surface area contributed by atoms with E-state index >= 15 is 0 Å². The third kappa shape index (κ3) is 6.76. The van der Waals surface area contributed by atoms with Gasteiger partial charge < -0.3 is 20.0 Å². The average Bonchev–Trinajstić information content (AvgIpc) is 2.73. The summed E-state index contributed by atoms with van der Waals surface area (Å²) in [6.45, 7) is 14.0. The van der Waals surface area contributed by atoms with Gasteiger partial charge in [-0.05, 0) is 63.9 Å². The number of nitrogens with zero attached hydrogens (tertiary/aromatic N) is 5. The van der Waals surface area contributed by atoms with E-state index in [1.165, 1.54) is 38.9 Å². The number of piperidine rings is 1. The maximum Gasteiger partial charge on any atom is 0.194 e. The van der Waals surface area contributed by atoms with Gasteiger partial charge in [-0.3, -0.25) is 4.99 Å². The van der Waals surface area contributed by atoms with Crippen molar-refractivity contribution >= 4 is 35.8 Å². The lowest BCUT2D eigenvalue weighted by Gasteiger charge is -2.37. The van der Waals surface area contributed by atoms with Crippen LogP contribution in [0.4, 0.5) is 5.82 Å². The molecule has 0 amide bonds. The number of anilines is 1. The molecule has 1 aromatic heterocycles. The van der Waals surface area contributed by atoms with E-state index in [1.807, 2.05) is 12.3 Å². The molecule has 2 aliphatic rings. The molecule has 3 heterocycles. The lowest BCUT2D eigenvalue weighted by Crippen LogP contribution is -2.53. The minimum Gasteiger partial charge on any atom is -0.357 e. The van der Waals surface area contributed by atoms with Crippen molar-refractivity contribution in [1.82, 2.24) is 20.1 Å². The summed E-state index contributed by atoms with van der Waals surface area (Å²) in [6.07, 6.45) is 5.71.